The number of nitriles is 1. The molecule has 2 aliphatic heterocycles. The predicted molar refractivity (Wildman–Crippen MR) is 117 cm³/mol. The van der Waals surface area contributed by atoms with Crippen LogP contribution in [0.4, 0.5) is 0 Å². The zero-order valence-electron chi connectivity index (χ0n) is 18.0. The summed E-state index contributed by atoms with van der Waals surface area (Å²) < 4.78 is 8.03. The molecule has 1 aliphatic carbocycles. The fourth-order valence-corrected chi connectivity index (χ4v) is 5.17. The van der Waals surface area contributed by atoms with E-state index >= 15 is 0 Å². The molecule has 32 heavy (non-hydrogen) atoms. The zero-order valence-corrected chi connectivity index (χ0v) is 18.0. The molecule has 1 N–H and O–H groups in total. The molecule has 1 amide bonds. The van der Waals surface area contributed by atoms with E-state index in [4.69, 9.17) is 4.74 Å². The molecule has 3 heterocycles. The average Bonchev–Trinajstić information content (AvgIpc) is 2.79. The lowest BCUT2D eigenvalue weighted by atomic mass is 9.70. The molecule has 0 spiro atoms. The van der Waals surface area contributed by atoms with Gasteiger partial charge in [-0.1, -0.05) is 36.8 Å². The van der Waals surface area contributed by atoms with Gasteiger partial charge in [-0.2, -0.15) is 5.26 Å². The average molecular weight is 434 g/mol. The summed E-state index contributed by atoms with van der Waals surface area (Å²) in [6.45, 7) is 0.382. The number of amides is 1. The first kappa shape index (κ1) is 20.6. The molecule has 3 atom stereocenters. The summed E-state index contributed by atoms with van der Waals surface area (Å²) in [5.74, 6) is -0.930. The Morgan fingerprint density at radius 3 is 2.59 bits per heavy atom. The van der Waals surface area contributed by atoms with Crippen LogP contribution in [0.3, 0.4) is 0 Å². The SMILES string of the molecule is CN1C(=O)c2c(O)c(=O)ccn2N2C(c3ccccc3)C(OCC3(C#N)CCC3)CCC12. The number of nitrogens with zero attached hydrogens (tertiary/aromatic N) is 4. The Labute approximate surface area is 186 Å². The molecule has 1 saturated carbocycles. The number of fused-ring (bicyclic) bond motifs is 3. The summed E-state index contributed by atoms with van der Waals surface area (Å²) in [5, 5.41) is 22.1. The Hall–Kier alpha value is -3.31. The van der Waals surface area contributed by atoms with Crippen LogP contribution in [0.2, 0.25) is 0 Å². The van der Waals surface area contributed by atoms with Crippen molar-refractivity contribution in [3.05, 3.63) is 64.1 Å². The molecule has 5 rings (SSSR count). The van der Waals surface area contributed by atoms with Gasteiger partial charge in [-0.3, -0.25) is 19.3 Å². The highest BCUT2D eigenvalue weighted by Gasteiger charge is 2.48. The van der Waals surface area contributed by atoms with Crippen LogP contribution in [0.1, 0.15) is 54.2 Å². The lowest BCUT2D eigenvalue weighted by molar-refractivity contribution is -0.0577. The summed E-state index contributed by atoms with van der Waals surface area (Å²) in [7, 11) is 1.70. The number of rotatable bonds is 4. The minimum atomic E-state index is -0.585. The van der Waals surface area contributed by atoms with Gasteiger partial charge in [0.1, 0.15) is 6.17 Å². The van der Waals surface area contributed by atoms with Crippen LogP contribution >= 0.6 is 0 Å². The van der Waals surface area contributed by atoms with Crippen molar-refractivity contribution in [1.82, 2.24) is 9.58 Å². The minimum absolute atomic E-state index is 0.0367. The molecule has 2 fully saturated rings. The number of pyridine rings is 1. The fourth-order valence-electron chi connectivity index (χ4n) is 5.17. The van der Waals surface area contributed by atoms with E-state index in [1.165, 1.54) is 6.07 Å². The molecule has 3 unspecified atom stereocenters. The fraction of sp³-hybridized carbons (Fsp3) is 0.458. The van der Waals surface area contributed by atoms with Crippen molar-refractivity contribution in [1.29, 1.82) is 5.26 Å². The summed E-state index contributed by atoms with van der Waals surface area (Å²) in [6, 6.07) is 13.4. The highest BCUT2D eigenvalue weighted by molar-refractivity contribution is 5.96. The van der Waals surface area contributed by atoms with Crippen LogP contribution < -0.4 is 10.4 Å². The molecule has 1 saturated heterocycles. The van der Waals surface area contributed by atoms with Gasteiger partial charge in [-0.15, -0.1) is 0 Å². The van der Waals surface area contributed by atoms with E-state index in [1.54, 1.807) is 22.8 Å². The third-order valence-electron chi connectivity index (χ3n) is 7.19. The number of hydrogen-bond acceptors (Lipinski definition) is 6. The molecule has 166 valence electrons. The predicted octanol–water partition coefficient (Wildman–Crippen LogP) is 2.52. The molecule has 0 bridgehead atoms. The first-order chi connectivity index (χ1) is 15.5. The Kier molecular flexibility index (Phi) is 4.94. The van der Waals surface area contributed by atoms with Gasteiger partial charge in [0.05, 0.1) is 30.2 Å². The second-order valence-electron chi connectivity index (χ2n) is 9.03. The van der Waals surface area contributed by atoms with Crippen molar-refractivity contribution in [2.75, 3.05) is 18.7 Å². The summed E-state index contributed by atoms with van der Waals surface area (Å²) in [4.78, 5) is 26.7. The molecular weight excluding hydrogens is 408 g/mol. The van der Waals surface area contributed by atoms with Crippen molar-refractivity contribution in [3.63, 3.8) is 0 Å². The molecule has 1 aromatic carbocycles. The van der Waals surface area contributed by atoms with Crippen molar-refractivity contribution in [3.8, 4) is 11.8 Å². The van der Waals surface area contributed by atoms with Crippen molar-refractivity contribution in [2.24, 2.45) is 5.41 Å². The number of benzene rings is 1. The van der Waals surface area contributed by atoms with Crippen molar-refractivity contribution >= 4 is 5.91 Å². The Bertz CT molecular complexity index is 1130. The Morgan fingerprint density at radius 2 is 1.94 bits per heavy atom. The van der Waals surface area contributed by atoms with Gasteiger partial charge in [-0.05, 0) is 31.2 Å². The maximum atomic E-state index is 13.0. The molecule has 2 aromatic rings. The van der Waals surface area contributed by atoms with Crippen LogP contribution in [0, 0.1) is 16.7 Å². The number of aromatic hydroxyl groups is 1. The number of ether oxygens (including phenoxy) is 1. The van der Waals surface area contributed by atoms with Gasteiger partial charge in [-0.25, -0.2) is 0 Å². The van der Waals surface area contributed by atoms with E-state index in [1.807, 2.05) is 35.3 Å². The van der Waals surface area contributed by atoms with Gasteiger partial charge in [0.15, 0.2) is 11.4 Å². The lowest BCUT2D eigenvalue weighted by Crippen LogP contribution is -2.65. The summed E-state index contributed by atoms with van der Waals surface area (Å²) in [5.41, 5.74) is -0.0226. The van der Waals surface area contributed by atoms with E-state index in [-0.39, 0.29) is 29.9 Å². The van der Waals surface area contributed by atoms with Crippen LogP contribution in [0.15, 0.2) is 47.4 Å². The van der Waals surface area contributed by atoms with E-state index < -0.39 is 16.6 Å². The van der Waals surface area contributed by atoms with Crippen molar-refractivity contribution in [2.45, 2.75) is 50.4 Å². The monoisotopic (exact) mass is 434 g/mol. The van der Waals surface area contributed by atoms with E-state index in [2.05, 4.69) is 6.07 Å². The number of piperidine rings is 1. The normalized spacial score (nSPS) is 26.0. The van der Waals surface area contributed by atoms with Gasteiger partial charge in [0.2, 0.25) is 5.43 Å². The largest absolute Gasteiger partial charge is 0.502 e. The maximum absolute atomic E-state index is 13.0. The Balaban J connectivity index is 1.59. The number of aromatic nitrogens is 1. The highest BCUT2D eigenvalue weighted by atomic mass is 16.5. The third-order valence-corrected chi connectivity index (χ3v) is 7.19. The minimum Gasteiger partial charge on any atom is -0.502 e. The first-order valence-corrected chi connectivity index (χ1v) is 11.0. The molecule has 3 aliphatic rings. The zero-order chi connectivity index (χ0) is 22.5. The van der Waals surface area contributed by atoms with Gasteiger partial charge in [0, 0.05) is 19.3 Å². The lowest BCUT2D eigenvalue weighted by Gasteiger charge is -2.54. The van der Waals surface area contributed by atoms with Crippen LogP contribution in [0.25, 0.3) is 0 Å². The van der Waals surface area contributed by atoms with Gasteiger partial charge >= 0.3 is 0 Å². The molecule has 8 heteroatoms. The first-order valence-electron chi connectivity index (χ1n) is 11.0. The van der Waals surface area contributed by atoms with Crippen LogP contribution in [-0.2, 0) is 4.74 Å². The van der Waals surface area contributed by atoms with Gasteiger partial charge in [0.25, 0.3) is 5.91 Å². The van der Waals surface area contributed by atoms with Gasteiger partial charge < -0.3 is 14.7 Å². The smallest absolute Gasteiger partial charge is 0.277 e. The molecule has 1 aromatic heterocycles. The number of carbonyl (C=O) groups excluding carboxylic acids is 1. The standard InChI is InChI=1S/C24H26N4O4/c1-26-19-9-8-18(32-15-24(14-25)11-5-12-24)20(16-6-3-2-4-7-16)28(19)27-13-10-17(29)22(30)21(27)23(26)31/h2-4,6-7,10,13,18-20,30H,5,8-9,11-12,15H2,1H3. The second kappa shape index (κ2) is 7.68. The molecule has 0 radical (unpaired) electrons. The van der Waals surface area contributed by atoms with Crippen molar-refractivity contribution < 1.29 is 14.6 Å². The summed E-state index contributed by atoms with van der Waals surface area (Å²) in [6.07, 6.45) is 5.23. The number of carbonyl (C=O) groups is 1. The van der Waals surface area contributed by atoms with E-state index in [0.29, 0.717) is 13.0 Å². The van der Waals surface area contributed by atoms with Crippen LogP contribution in [-0.4, -0.2) is 46.5 Å². The second-order valence-corrected chi connectivity index (χ2v) is 9.03. The molecule has 8 nitrogen and oxygen atoms in total. The summed E-state index contributed by atoms with van der Waals surface area (Å²) >= 11 is 0. The van der Waals surface area contributed by atoms with Crippen LogP contribution in [0.5, 0.6) is 5.75 Å². The van der Waals surface area contributed by atoms with E-state index in [0.717, 1.165) is 31.2 Å². The maximum Gasteiger partial charge on any atom is 0.277 e. The third kappa shape index (κ3) is 3.07. The topological polar surface area (TPSA) is 98.8 Å². The Morgan fingerprint density at radius 1 is 1.19 bits per heavy atom. The number of hydrogen-bond donors (Lipinski definition) is 1. The van der Waals surface area contributed by atoms with E-state index in [9.17, 15) is 20.0 Å². The molecular formula is C24H26N4O4. The quantitative estimate of drug-likeness (QED) is 0.794. The highest BCUT2D eigenvalue weighted by Crippen LogP contribution is 2.44.